The zero-order valence-corrected chi connectivity index (χ0v) is 25.3. The average molecular weight is 646 g/mol. The van der Waals surface area contributed by atoms with E-state index >= 15 is 8.78 Å². The van der Waals surface area contributed by atoms with E-state index in [0.717, 1.165) is 34.6 Å². The van der Waals surface area contributed by atoms with Crippen molar-refractivity contribution >= 4 is 46.4 Å². The number of halogens is 6. The number of pyridine rings is 1. The first-order chi connectivity index (χ1) is 20.9. The fraction of sp³-hybridized carbons (Fsp3) is 0. The van der Waals surface area contributed by atoms with Crippen LogP contribution in [0.1, 0.15) is 16.7 Å². The van der Waals surface area contributed by atoms with E-state index in [4.69, 9.17) is 46.4 Å². The molecule has 5 aromatic carbocycles. The summed E-state index contributed by atoms with van der Waals surface area (Å²) in [5.41, 5.74) is 4.40. The summed E-state index contributed by atoms with van der Waals surface area (Å²) >= 11 is 28.3. The van der Waals surface area contributed by atoms with Crippen LogP contribution in [0, 0.1) is 17.6 Å². The van der Waals surface area contributed by atoms with Gasteiger partial charge in [-0.1, -0.05) is 143 Å². The van der Waals surface area contributed by atoms with Gasteiger partial charge in [0, 0.05) is 37.9 Å². The zero-order chi connectivity index (χ0) is 30.1. The van der Waals surface area contributed by atoms with Crippen LogP contribution in [0.25, 0.3) is 33.4 Å². The van der Waals surface area contributed by atoms with Gasteiger partial charge >= 0.3 is 0 Å². The van der Waals surface area contributed by atoms with Gasteiger partial charge in [-0.05, 0) is 34.4 Å². The van der Waals surface area contributed by atoms with Crippen LogP contribution in [-0.2, 0) is 0 Å². The smallest absolute Gasteiger partial charge is 0.148 e. The fourth-order valence-corrected chi connectivity index (χ4v) is 6.65. The molecule has 1 aromatic heterocycles. The SMILES string of the molecule is Fc1cncc(F)c1[C](c1c(Cl)ccc(-c2ccccc2)c1Cl)c1c(Cl)cc(-c2ccccc2)c(-c2ccccc2)c1Cl. The van der Waals surface area contributed by atoms with Gasteiger partial charge in [0.1, 0.15) is 11.6 Å². The standard InChI is InChI=1S/C36H20Cl4F2N/c37-26-17-16-24(21-10-4-1-5-11-21)35(39)31(26)34(33-28(41)19-43-20-29(33)42)32-27(38)18-25(22-12-6-2-7-13-22)30(36(32)40)23-14-8-3-9-15-23/h1-20H. The first kappa shape index (κ1) is 29.3. The van der Waals surface area contributed by atoms with Crippen LogP contribution >= 0.6 is 46.4 Å². The molecule has 0 aliphatic carbocycles. The summed E-state index contributed by atoms with van der Waals surface area (Å²) in [6, 6.07) is 33.6. The molecular weight excluding hydrogens is 626 g/mol. The largest absolute Gasteiger partial charge is 0.259 e. The van der Waals surface area contributed by atoms with Crippen molar-refractivity contribution in [1.82, 2.24) is 4.98 Å². The second-order valence-electron chi connectivity index (χ2n) is 9.71. The summed E-state index contributed by atoms with van der Waals surface area (Å²) in [5, 5.41) is 0.687. The van der Waals surface area contributed by atoms with Crippen molar-refractivity contribution in [2.24, 2.45) is 0 Å². The molecule has 0 amide bonds. The van der Waals surface area contributed by atoms with E-state index in [-0.39, 0.29) is 37.1 Å². The number of rotatable bonds is 6. The van der Waals surface area contributed by atoms with Crippen LogP contribution in [0.3, 0.4) is 0 Å². The second kappa shape index (κ2) is 12.5. The summed E-state index contributed by atoms with van der Waals surface area (Å²) in [6.45, 7) is 0. The number of benzene rings is 5. The molecule has 0 aliphatic rings. The molecule has 1 heterocycles. The fourth-order valence-electron chi connectivity index (χ4n) is 5.23. The third-order valence-corrected chi connectivity index (χ3v) is 8.53. The molecule has 0 saturated heterocycles. The van der Waals surface area contributed by atoms with Gasteiger partial charge < -0.3 is 0 Å². The van der Waals surface area contributed by atoms with Gasteiger partial charge in [0.05, 0.1) is 28.4 Å². The van der Waals surface area contributed by atoms with Crippen LogP contribution in [0.4, 0.5) is 8.78 Å². The Hall–Kier alpha value is -3.73. The van der Waals surface area contributed by atoms with Gasteiger partial charge in [-0.15, -0.1) is 0 Å². The highest BCUT2D eigenvalue weighted by molar-refractivity contribution is 6.41. The van der Waals surface area contributed by atoms with E-state index in [0.29, 0.717) is 11.1 Å². The summed E-state index contributed by atoms with van der Waals surface area (Å²) in [6.07, 6.45) is 1.86. The van der Waals surface area contributed by atoms with E-state index in [1.807, 2.05) is 91.0 Å². The molecule has 6 aromatic rings. The average Bonchev–Trinajstić information content (AvgIpc) is 3.02. The maximum atomic E-state index is 15.7. The zero-order valence-electron chi connectivity index (χ0n) is 22.3. The van der Waals surface area contributed by atoms with E-state index in [1.165, 1.54) is 0 Å². The lowest BCUT2D eigenvalue weighted by molar-refractivity contribution is 0.557. The Morgan fingerprint density at radius 2 is 0.977 bits per heavy atom. The molecule has 43 heavy (non-hydrogen) atoms. The minimum atomic E-state index is -0.923. The Kier molecular flexibility index (Phi) is 8.52. The lowest BCUT2D eigenvalue weighted by Crippen LogP contribution is -2.13. The van der Waals surface area contributed by atoms with Gasteiger partial charge in [0.15, 0.2) is 0 Å². The van der Waals surface area contributed by atoms with E-state index in [2.05, 4.69) is 4.98 Å². The van der Waals surface area contributed by atoms with Crippen LogP contribution in [0.2, 0.25) is 20.1 Å². The Bertz CT molecular complexity index is 1910. The summed E-state index contributed by atoms with van der Waals surface area (Å²) in [5.74, 6) is -1.84. The van der Waals surface area contributed by atoms with Crippen LogP contribution in [0.15, 0.2) is 122 Å². The van der Waals surface area contributed by atoms with Crippen LogP contribution in [-0.4, -0.2) is 4.98 Å². The van der Waals surface area contributed by atoms with Crippen molar-refractivity contribution in [3.63, 3.8) is 0 Å². The molecule has 0 bridgehead atoms. The molecule has 0 atom stereocenters. The van der Waals surface area contributed by atoms with E-state index in [1.54, 1.807) is 18.2 Å². The highest BCUT2D eigenvalue weighted by Gasteiger charge is 2.35. The molecule has 0 aliphatic heterocycles. The van der Waals surface area contributed by atoms with Crippen molar-refractivity contribution in [1.29, 1.82) is 0 Å². The van der Waals surface area contributed by atoms with Crippen LogP contribution in [0.5, 0.6) is 0 Å². The molecule has 7 heteroatoms. The maximum absolute atomic E-state index is 15.7. The number of hydrogen-bond acceptors (Lipinski definition) is 1. The molecule has 1 radical (unpaired) electrons. The predicted octanol–water partition coefficient (Wildman–Crippen LogP) is 12.0. The highest BCUT2D eigenvalue weighted by Crippen LogP contribution is 2.51. The number of hydrogen-bond donors (Lipinski definition) is 0. The monoisotopic (exact) mass is 644 g/mol. The molecule has 0 spiro atoms. The van der Waals surface area contributed by atoms with Gasteiger partial charge in [-0.3, -0.25) is 4.98 Å². The minimum absolute atomic E-state index is 0.0111. The lowest BCUT2D eigenvalue weighted by atomic mass is 9.81. The van der Waals surface area contributed by atoms with Gasteiger partial charge in [-0.2, -0.15) is 0 Å². The van der Waals surface area contributed by atoms with Gasteiger partial charge in [-0.25, -0.2) is 8.78 Å². The molecule has 211 valence electrons. The summed E-state index contributed by atoms with van der Waals surface area (Å²) in [4.78, 5) is 3.69. The van der Waals surface area contributed by atoms with Crippen LogP contribution < -0.4 is 0 Å². The Morgan fingerprint density at radius 3 is 1.53 bits per heavy atom. The summed E-state index contributed by atoms with van der Waals surface area (Å²) < 4.78 is 31.4. The third-order valence-electron chi connectivity index (χ3n) is 7.14. The molecule has 1 nitrogen and oxygen atoms in total. The van der Waals surface area contributed by atoms with Gasteiger partial charge in [0.25, 0.3) is 0 Å². The lowest BCUT2D eigenvalue weighted by Gasteiger charge is -2.26. The quantitative estimate of drug-likeness (QED) is 0.176. The van der Waals surface area contributed by atoms with Crippen molar-refractivity contribution in [2.75, 3.05) is 0 Å². The molecule has 0 N–H and O–H groups in total. The Labute approximate surface area is 268 Å². The van der Waals surface area contributed by atoms with Crippen molar-refractivity contribution in [2.45, 2.75) is 0 Å². The Morgan fingerprint density at radius 1 is 0.488 bits per heavy atom. The molecular formula is C36H20Cl4F2N. The topological polar surface area (TPSA) is 12.9 Å². The molecule has 0 saturated carbocycles. The summed E-state index contributed by atoms with van der Waals surface area (Å²) in [7, 11) is 0. The second-order valence-corrected chi connectivity index (χ2v) is 11.3. The van der Waals surface area contributed by atoms with Crippen molar-refractivity contribution in [3.05, 3.63) is 176 Å². The number of nitrogens with zero attached hydrogens (tertiary/aromatic N) is 1. The first-order valence-corrected chi connectivity index (χ1v) is 14.7. The third kappa shape index (κ3) is 5.55. The van der Waals surface area contributed by atoms with E-state index < -0.39 is 17.2 Å². The molecule has 6 rings (SSSR count). The Balaban J connectivity index is 1.73. The van der Waals surface area contributed by atoms with Crippen molar-refractivity contribution in [3.8, 4) is 33.4 Å². The minimum Gasteiger partial charge on any atom is -0.259 e. The van der Waals surface area contributed by atoms with E-state index in [9.17, 15) is 0 Å². The first-order valence-electron chi connectivity index (χ1n) is 13.2. The highest BCUT2D eigenvalue weighted by atomic mass is 35.5. The normalized spacial score (nSPS) is 11.2. The predicted molar refractivity (Wildman–Crippen MR) is 174 cm³/mol. The van der Waals surface area contributed by atoms with Crippen molar-refractivity contribution < 1.29 is 8.78 Å². The molecule has 0 fully saturated rings. The maximum Gasteiger partial charge on any atom is 0.148 e. The number of aromatic nitrogens is 1. The van der Waals surface area contributed by atoms with Gasteiger partial charge in [0.2, 0.25) is 0 Å². The molecule has 0 unspecified atom stereocenters.